The number of ether oxygens (including phenoxy) is 2. The summed E-state index contributed by atoms with van der Waals surface area (Å²) in [5, 5.41) is 4.84. The summed E-state index contributed by atoms with van der Waals surface area (Å²) in [5.74, 6) is -1.20. The van der Waals surface area contributed by atoms with Gasteiger partial charge in [-0.2, -0.15) is 0 Å². The van der Waals surface area contributed by atoms with E-state index in [0.29, 0.717) is 25.2 Å². The molecule has 2 aromatic carbocycles. The molecule has 1 aromatic heterocycles. The van der Waals surface area contributed by atoms with Crippen LogP contribution in [0.4, 0.5) is 15.8 Å². The maximum atomic E-state index is 13.4. The fourth-order valence-corrected chi connectivity index (χ4v) is 4.98. The van der Waals surface area contributed by atoms with E-state index in [2.05, 4.69) is 44.4 Å². The number of anilines is 1. The lowest BCUT2D eigenvalue weighted by Crippen LogP contribution is -2.36. The number of benzene rings is 2. The highest BCUT2D eigenvalue weighted by Crippen LogP contribution is 2.25. The molecule has 0 aliphatic carbocycles. The molecule has 8 nitrogen and oxygen atoms in total. The van der Waals surface area contributed by atoms with Gasteiger partial charge in [-0.05, 0) is 55.3 Å². The highest BCUT2D eigenvalue weighted by molar-refractivity contribution is 7.07. The summed E-state index contributed by atoms with van der Waals surface area (Å²) in [6.45, 7) is 6.18. The number of thiazole rings is 1. The standard InChI is InChI=1S/C27H31FN4O4S/c1-2-36-26(34)18-25(33)29-12-3-13-32-24(19-37-27(32)30-22-8-6-21(28)7-9-22)20-4-10-23(11-5-20)31-14-16-35-17-15-31/h4-11,19H,2-3,12-18H2,1H3,(H,29,33). The molecule has 0 bridgehead atoms. The number of carbonyl (C=O) groups is 2. The minimum absolute atomic E-state index is 0.247. The highest BCUT2D eigenvalue weighted by Gasteiger charge is 2.14. The monoisotopic (exact) mass is 526 g/mol. The predicted octanol–water partition coefficient (Wildman–Crippen LogP) is 3.88. The Morgan fingerprint density at radius 1 is 1.11 bits per heavy atom. The minimum Gasteiger partial charge on any atom is -0.466 e. The molecule has 10 heteroatoms. The molecule has 1 amide bonds. The van der Waals surface area contributed by atoms with Crippen molar-refractivity contribution in [3.05, 3.63) is 64.5 Å². The third-order valence-corrected chi connectivity index (χ3v) is 6.74. The Bertz CT molecular complexity index is 1250. The first-order chi connectivity index (χ1) is 18.0. The van der Waals surface area contributed by atoms with Crippen molar-refractivity contribution >= 4 is 34.6 Å². The van der Waals surface area contributed by atoms with Gasteiger partial charge >= 0.3 is 5.97 Å². The van der Waals surface area contributed by atoms with Crippen molar-refractivity contribution in [3.8, 4) is 11.3 Å². The lowest BCUT2D eigenvalue weighted by Gasteiger charge is -2.28. The molecule has 0 unspecified atom stereocenters. The van der Waals surface area contributed by atoms with Crippen LogP contribution in [0, 0.1) is 5.82 Å². The third kappa shape index (κ3) is 7.50. The second-order valence-corrected chi connectivity index (χ2v) is 9.31. The number of nitrogens with zero attached hydrogens (tertiary/aromatic N) is 3. The zero-order valence-corrected chi connectivity index (χ0v) is 21.6. The lowest BCUT2D eigenvalue weighted by atomic mass is 10.1. The minimum atomic E-state index is -0.532. The average Bonchev–Trinajstić information content (AvgIpc) is 3.30. The maximum Gasteiger partial charge on any atom is 0.315 e. The van der Waals surface area contributed by atoms with Crippen LogP contribution in [0.25, 0.3) is 11.3 Å². The number of rotatable bonds is 10. The maximum absolute atomic E-state index is 13.4. The molecule has 1 aliphatic heterocycles. The van der Waals surface area contributed by atoms with Crippen molar-refractivity contribution in [2.45, 2.75) is 26.3 Å². The van der Waals surface area contributed by atoms with E-state index in [4.69, 9.17) is 14.5 Å². The lowest BCUT2D eigenvalue weighted by molar-refractivity contribution is -0.145. The molecule has 196 valence electrons. The Morgan fingerprint density at radius 2 is 1.84 bits per heavy atom. The van der Waals surface area contributed by atoms with Gasteiger partial charge in [-0.1, -0.05) is 12.1 Å². The van der Waals surface area contributed by atoms with Gasteiger partial charge in [0.15, 0.2) is 4.80 Å². The van der Waals surface area contributed by atoms with Crippen LogP contribution in [0.1, 0.15) is 19.8 Å². The molecule has 1 fully saturated rings. The number of morpholine rings is 1. The van der Waals surface area contributed by atoms with Crippen LogP contribution in [0.3, 0.4) is 0 Å². The summed E-state index contributed by atoms with van der Waals surface area (Å²) in [7, 11) is 0. The topological polar surface area (TPSA) is 85.2 Å². The summed E-state index contributed by atoms with van der Waals surface area (Å²) in [5.41, 5.74) is 3.89. The summed E-state index contributed by atoms with van der Waals surface area (Å²) in [4.78, 5) is 31.3. The molecule has 0 spiro atoms. The van der Waals surface area contributed by atoms with Crippen molar-refractivity contribution < 1.29 is 23.5 Å². The van der Waals surface area contributed by atoms with Crippen LogP contribution in [0.5, 0.6) is 0 Å². The van der Waals surface area contributed by atoms with Gasteiger partial charge in [-0.15, -0.1) is 11.3 Å². The zero-order chi connectivity index (χ0) is 26.0. The van der Waals surface area contributed by atoms with Crippen LogP contribution in [-0.4, -0.2) is 55.9 Å². The number of amides is 1. The van der Waals surface area contributed by atoms with Crippen LogP contribution >= 0.6 is 11.3 Å². The van der Waals surface area contributed by atoms with E-state index in [0.717, 1.165) is 48.0 Å². The van der Waals surface area contributed by atoms with Crippen molar-refractivity contribution in [2.24, 2.45) is 4.99 Å². The van der Waals surface area contributed by atoms with Crippen LogP contribution in [0.2, 0.25) is 0 Å². The third-order valence-electron chi connectivity index (χ3n) is 5.88. The fourth-order valence-electron chi connectivity index (χ4n) is 4.03. The van der Waals surface area contributed by atoms with E-state index in [1.54, 1.807) is 19.1 Å². The zero-order valence-electron chi connectivity index (χ0n) is 20.8. The number of hydrogen-bond donors (Lipinski definition) is 1. The SMILES string of the molecule is CCOC(=O)CC(=O)NCCCn1c(-c2ccc(N3CCOCC3)cc2)csc1=Nc1ccc(F)cc1. The number of hydrogen-bond acceptors (Lipinski definition) is 7. The highest BCUT2D eigenvalue weighted by atomic mass is 32.1. The molecular weight excluding hydrogens is 495 g/mol. The van der Waals surface area contributed by atoms with Gasteiger partial charge in [0, 0.05) is 37.2 Å². The quantitative estimate of drug-likeness (QED) is 0.246. The molecular formula is C27H31FN4O4S. The molecule has 0 radical (unpaired) electrons. The Morgan fingerprint density at radius 3 is 2.54 bits per heavy atom. The molecule has 1 aliphatic rings. The van der Waals surface area contributed by atoms with E-state index in [1.165, 1.54) is 23.5 Å². The summed E-state index contributed by atoms with van der Waals surface area (Å²) >= 11 is 1.51. The molecule has 37 heavy (non-hydrogen) atoms. The first kappa shape index (κ1) is 26.6. The molecule has 0 atom stereocenters. The average molecular weight is 527 g/mol. The van der Waals surface area contributed by atoms with Crippen molar-refractivity contribution in [1.29, 1.82) is 0 Å². The number of aromatic nitrogens is 1. The van der Waals surface area contributed by atoms with E-state index in [9.17, 15) is 14.0 Å². The second kappa shape index (κ2) is 13.2. The predicted molar refractivity (Wildman–Crippen MR) is 141 cm³/mol. The Labute approximate surface area is 219 Å². The normalized spacial score (nSPS) is 14.0. The van der Waals surface area contributed by atoms with Crippen molar-refractivity contribution in [1.82, 2.24) is 9.88 Å². The van der Waals surface area contributed by atoms with Gasteiger partial charge in [0.05, 0.1) is 31.2 Å². The molecule has 4 rings (SSSR count). The first-order valence-electron chi connectivity index (χ1n) is 12.4. The molecule has 1 saturated heterocycles. The first-order valence-corrected chi connectivity index (χ1v) is 13.3. The van der Waals surface area contributed by atoms with Gasteiger partial charge in [-0.3, -0.25) is 9.59 Å². The van der Waals surface area contributed by atoms with Crippen LogP contribution in [0.15, 0.2) is 58.9 Å². The molecule has 2 heterocycles. The van der Waals surface area contributed by atoms with Gasteiger partial charge in [-0.25, -0.2) is 9.38 Å². The Kier molecular flexibility index (Phi) is 9.45. The van der Waals surface area contributed by atoms with Gasteiger partial charge in [0.2, 0.25) is 5.91 Å². The smallest absolute Gasteiger partial charge is 0.315 e. The fraction of sp³-hybridized carbons (Fsp3) is 0.370. The summed E-state index contributed by atoms with van der Waals surface area (Å²) in [6.07, 6.45) is 0.353. The van der Waals surface area contributed by atoms with Gasteiger partial charge in [0.25, 0.3) is 0 Å². The van der Waals surface area contributed by atoms with E-state index >= 15 is 0 Å². The van der Waals surface area contributed by atoms with Crippen molar-refractivity contribution in [2.75, 3.05) is 44.4 Å². The number of halogens is 1. The van der Waals surface area contributed by atoms with Crippen molar-refractivity contribution in [3.63, 3.8) is 0 Å². The number of esters is 1. The largest absolute Gasteiger partial charge is 0.466 e. The Balaban J connectivity index is 1.51. The van der Waals surface area contributed by atoms with E-state index in [-0.39, 0.29) is 24.8 Å². The van der Waals surface area contributed by atoms with Gasteiger partial charge in [0.1, 0.15) is 12.2 Å². The van der Waals surface area contributed by atoms with Crippen LogP contribution < -0.4 is 15.0 Å². The molecule has 3 aromatic rings. The van der Waals surface area contributed by atoms with E-state index < -0.39 is 5.97 Å². The second-order valence-electron chi connectivity index (χ2n) is 8.47. The van der Waals surface area contributed by atoms with Gasteiger partial charge < -0.3 is 24.3 Å². The number of carbonyl (C=O) groups excluding carboxylic acids is 2. The molecule has 1 N–H and O–H groups in total. The summed E-state index contributed by atoms with van der Waals surface area (Å²) < 4.78 is 25.8. The van der Waals surface area contributed by atoms with E-state index in [1.807, 2.05) is 0 Å². The summed E-state index contributed by atoms with van der Waals surface area (Å²) in [6, 6.07) is 14.5. The Hall–Kier alpha value is -3.50. The molecule has 0 saturated carbocycles. The van der Waals surface area contributed by atoms with Crippen LogP contribution in [-0.2, 0) is 25.6 Å². The number of nitrogens with one attached hydrogen (secondary N) is 1.